The van der Waals surface area contributed by atoms with E-state index in [4.69, 9.17) is 4.84 Å². The van der Waals surface area contributed by atoms with Gasteiger partial charge >= 0.3 is 0 Å². The highest BCUT2D eigenvalue weighted by molar-refractivity contribution is 5.92. The van der Waals surface area contributed by atoms with E-state index < -0.39 is 17.1 Å². The molecule has 7 atom stereocenters. The topological polar surface area (TPSA) is 96.2 Å². The van der Waals surface area contributed by atoms with E-state index in [1.807, 2.05) is 13.0 Å². The van der Waals surface area contributed by atoms with Crippen molar-refractivity contribution in [3.8, 4) is 0 Å². The molecule has 5 aliphatic carbocycles. The number of ketones is 2. The minimum absolute atomic E-state index is 0.0788. The molecule has 0 aliphatic heterocycles. The summed E-state index contributed by atoms with van der Waals surface area (Å²) in [5.41, 5.74) is -0.120. The first-order valence-corrected chi connectivity index (χ1v) is 13.0. The average Bonchev–Trinajstić information content (AvgIpc) is 3.06. The summed E-state index contributed by atoms with van der Waals surface area (Å²) in [7, 11) is 0. The molecule has 5 unspecified atom stereocenters. The van der Waals surface area contributed by atoms with E-state index in [2.05, 4.69) is 12.1 Å². The maximum absolute atomic E-state index is 13.3. The van der Waals surface area contributed by atoms with Gasteiger partial charge < -0.3 is 15.1 Å². The van der Waals surface area contributed by atoms with Crippen molar-refractivity contribution in [2.75, 3.05) is 6.61 Å². The third kappa shape index (κ3) is 3.54. The molecule has 6 heteroatoms. The van der Waals surface area contributed by atoms with Gasteiger partial charge in [-0.1, -0.05) is 31.0 Å². The molecule has 182 valence electrons. The lowest BCUT2D eigenvalue weighted by atomic mass is 9.45. The minimum atomic E-state index is -1.49. The number of carbonyl (C=O) groups excluding carboxylic acids is 2. The van der Waals surface area contributed by atoms with Gasteiger partial charge in [0.2, 0.25) is 5.78 Å². The number of fused-ring (bicyclic) bond motifs is 5. The van der Waals surface area contributed by atoms with Gasteiger partial charge in [0, 0.05) is 11.8 Å². The molecule has 0 aromatic carbocycles. The lowest BCUT2D eigenvalue weighted by Crippen LogP contribution is -2.62. The van der Waals surface area contributed by atoms with Gasteiger partial charge in [-0.2, -0.15) is 0 Å². The van der Waals surface area contributed by atoms with Gasteiger partial charge in [0.25, 0.3) is 0 Å². The summed E-state index contributed by atoms with van der Waals surface area (Å²) in [6.45, 7) is 4.02. The van der Waals surface area contributed by atoms with Crippen LogP contribution in [-0.2, 0) is 14.4 Å². The van der Waals surface area contributed by atoms with E-state index in [9.17, 15) is 19.8 Å². The fourth-order valence-corrected chi connectivity index (χ4v) is 8.50. The van der Waals surface area contributed by atoms with E-state index >= 15 is 0 Å². The Bertz CT molecular complexity index is 887. The number of hydrogen-bond donors (Lipinski definition) is 2. The zero-order valence-corrected chi connectivity index (χ0v) is 20.1. The number of allylic oxidation sites excluding steroid dienone is 1. The quantitative estimate of drug-likeness (QED) is 0.619. The Labute approximate surface area is 196 Å². The van der Waals surface area contributed by atoms with Crippen molar-refractivity contribution < 1.29 is 24.6 Å². The number of oxime groups is 1. The highest BCUT2D eigenvalue weighted by Gasteiger charge is 2.68. The van der Waals surface area contributed by atoms with Crippen molar-refractivity contribution >= 4 is 17.3 Å². The van der Waals surface area contributed by atoms with E-state index in [-0.39, 0.29) is 41.3 Å². The van der Waals surface area contributed by atoms with E-state index in [0.717, 1.165) is 57.1 Å². The third-order valence-electron chi connectivity index (χ3n) is 10.3. The molecular formula is C27H39NO5. The van der Waals surface area contributed by atoms with Crippen LogP contribution in [0.1, 0.15) is 90.9 Å². The molecule has 0 spiro atoms. The van der Waals surface area contributed by atoms with Gasteiger partial charge in [-0.3, -0.25) is 9.59 Å². The number of hydrogen-bond acceptors (Lipinski definition) is 6. The normalized spacial score (nSPS) is 44.9. The highest BCUT2D eigenvalue weighted by Crippen LogP contribution is 2.67. The molecule has 0 heterocycles. The molecule has 0 aromatic rings. The van der Waals surface area contributed by atoms with Crippen molar-refractivity contribution in [3.05, 3.63) is 11.6 Å². The Hall–Kier alpha value is -1.53. The number of nitrogens with zero attached hydrogens (tertiary/aromatic N) is 1. The van der Waals surface area contributed by atoms with Gasteiger partial charge in [-0.05, 0) is 93.5 Å². The zero-order chi connectivity index (χ0) is 23.4. The van der Waals surface area contributed by atoms with Crippen molar-refractivity contribution in [3.63, 3.8) is 0 Å². The van der Waals surface area contributed by atoms with Crippen LogP contribution in [0.25, 0.3) is 0 Å². The van der Waals surface area contributed by atoms with Gasteiger partial charge in [0.05, 0.1) is 11.8 Å². The largest absolute Gasteiger partial charge is 0.393 e. The summed E-state index contributed by atoms with van der Waals surface area (Å²) in [5, 5.41) is 27.4. The lowest BCUT2D eigenvalue weighted by Gasteiger charge is -2.60. The molecule has 2 N–H and O–H groups in total. The van der Waals surface area contributed by atoms with E-state index in [0.29, 0.717) is 19.3 Å². The van der Waals surface area contributed by atoms with Crippen LogP contribution < -0.4 is 0 Å². The number of Topliss-reactive ketones (excluding diaryl/α,β-unsaturated/α-hetero) is 1. The lowest BCUT2D eigenvalue weighted by molar-refractivity contribution is -0.183. The first-order valence-electron chi connectivity index (χ1n) is 13.0. The molecule has 4 saturated carbocycles. The van der Waals surface area contributed by atoms with Crippen LogP contribution in [0.2, 0.25) is 0 Å². The average molecular weight is 458 g/mol. The molecule has 6 nitrogen and oxygen atoms in total. The molecule has 33 heavy (non-hydrogen) atoms. The number of aliphatic hydroxyl groups is 2. The van der Waals surface area contributed by atoms with Crippen molar-refractivity contribution in [1.29, 1.82) is 0 Å². The van der Waals surface area contributed by atoms with E-state index in [1.165, 1.54) is 12.0 Å². The predicted molar refractivity (Wildman–Crippen MR) is 125 cm³/mol. The van der Waals surface area contributed by atoms with Crippen molar-refractivity contribution in [2.45, 2.75) is 103 Å². The first-order chi connectivity index (χ1) is 15.7. The Morgan fingerprint density at radius 2 is 1.88 bits per heavy atom. The van der Waals surface area contributed by atoms with Crippen LogP contribution in [0.15, 0.2) is 16.8 Å². The fourth-order valence-electron chi connectivity index (χ4n) is 8.50. The van der Waals surface area contributed by atoms with Crippen LogP contribution in [-0.4, -0.2) is 45.8 Å². The first kappa shape index (κ1) is 23.2. The van der Waals surface area contributed by atoms with Crippen LogP contribution in [0.3, 0.4) is 0 Å². The number of aliphatic hydroxyl groups excluding tert-OH is 1. The molecule has 0 amide bonds. The standard InChI is InChI=1S/C27H39NO5/c1-25-12-10-19(29)14-17(25)8-9-20-21-11-13-27(32,26(21,2)15-22(30)24(20)25)23(31)16-33-28-18-6-4-3-5-7-18/h14,20-22,24,30,32H,3-13,15-16H2,1-2H3/t20?,21?,22-,24?,25?,26?,27-/m0/s1. The summed E-state index contributed by atoms with van der Waals surface area (Å²) in [4.78, 5) is 30.8. The van der Waals surface area contributed by atoms with Gasteiger partial charge in [-0.25, -0.2) is 0 Å². The minimum Gasteiger partial charge on any atom is -0.393 e. The van der Waals surface area contributed by atoms with Crippen LogP contribution >= 0.6 is 0 Å². The predicted octanol–water partition coefficient (Wildman–Crippen LogP) is 4.13. The number of carbonyl (C=O) groups is 2. The summed E-state index contributed by atoms with van der Waals surface area (Å²) >= 11 is 0. The number of rotatable bonds is 4. The smallest absolute Gasteiger partial charge is 0.204 e. The van der Waals surface area contributed by atoms with Crippen LogP contribution in [0, 0.1) is 28.6 Å². The zero-order valence-electron chi connectivity index (χ0n) is 20.1. The van der Waals surface area contributed by atoms with Crippen molar-refractivity contribution in [1.82, 2.24) is 0 Å². The third-order valence-corrected chi connectivity index (χ3v) is 10.3. The van der Waals surface area contributed by atoms with Gasteiger partial charge in [0.1, 0.15) is 5.60 Å². The molecule has 0 bridgehead atoms. The highest BCUT2D eigenvalue weighted by atomic mass is 16.6. The summed E-state index contributed by atoms with van der Waals surface area (Å²) < 4.78 is 0. The molecular weight excluding hydrogens is 418 g/mol. The maximum Gasteiger partial charge on any atom is 0.204 e. The Balaban J connectivity index is 1.35. The second-order valence-corrected chi connectivity index (χ2v) is 11.9. The van der Waals surface area contributed by atoms with Crippen molar-refractivity contribution in [2.24, 2.45) is 33.7 Å². The summed E-state index contributed by atoms with van der Waals surface area (Å²) in [5.74, 6) is 0.410. The molecule has 5 rings (SSSR count). The molecule has 0 radical (unpaired) electrons. The van der Waals surface area contributed by atoms with E-state index in [1.54, 1.807) is 0 Å². The second-order valence-electron chi connectivity index (χ2n) is 11.9. The Kier molecular flexibility index (Phi) is 5.84. The Morgan fingerprint density at radius 1 is 1.12 bits per heavy atom. The fraction of sp³-hybridized carbons (Fsp3) is 0.815. The van der Waals surface area contributed by atoms with Gasteiger partial charge in [-0.15, -0.1) is 0 Å². The SMILES string of the molecule is CC12CCC(=O)C=C1CCC1C2[C@@H](O)CC2(C)C1CC[C@]2(O)C(=O)CON=C1CCCCC1. The summed E-state index contributed by atoms with van der Waals surface area (Å²) in [6, 6.07) is 0. The molecule has 0 aromatic heterocycles. The molecule has 0 saturated heterocycles. The maximum atomic E-state index is 13.3. The van der Waals surface area contributed by atoms with Crippen LogP contribution in [0.4, 0.5) is 0 Å². The molecule has 4 fully saturated rings. The summed E-state index contributed by atoms with van der Waals surface area (Å²) in [6.07, 6.45) is 11.3. The van der Waals surface area contributed by atoms with Crippen LogP contribution in [0.5, 0.6) is 0 Å². The second kappa shape index (κ2) is 8.30. The van der Waals surface area contributed by atoms with Gasteiger partial charge in [0.15, 0.2) is 12.4 Å². The monoisotopic (exact) mass is 457 g/mol. The Morgan fingerprint density at radius 3 is 2.64 bits per heavy atom. The molecule has 5 aliphatic rings.